The standard InChI is InChI=1S/C18H23N3O3S/c1-12-15(7-9-23-12)17-19-20-18(24-17)25-11-16(22)21-8-6-13-4-2-3-5-14(13)10-21/h7,9,13-14H,2-6,8,10-11H2,1H3. The molecule has 25 heavy (non-hydrogen) atoms. The molecule has 2 aliphatic rings. The Balaban J connectivity index is 1.32. The molecule has 134 valence electrons. The molecule has 1 amide bonds. The maximum absolute atomic E-state index is 12.5. The zero-order chi connectivity index (χ0) is 17.2. The summed E-state index contributed by atoms with van der Waals surface area (Å²) in [6.45, 7) is 3.67. The van der Waals surface area contributed by atoms with E-state index in [1.807, 2.05) is 11.8 Å². The second kappa shape index (κ2) is 7.23. The molecular formula is C18H23N3O3S. The molecule has 1 aliphatic carbocycles. The number of hydrogen-bond acceptors (Lipinski definition) is 6. The lowest BCUT2D eigenvalue weighted by Gasteiger charge is -2.41. The molecule has 1 saturated heterocycles. The van der Waals surface area contributed by atoms with Gasteiger partial charge in [0.05, 0.1) is 17.6 Å². The first-order valence-electron chi connectivity index (χ1n) is 8.99. The fourth-order valence-electron chi connectivity index (χ4n) is 4.03. The third-order valence-corrected chi connectivity index (χ3v) is 6.26. The predicted molar refractivity (Wildman–Crippen MR) is 94.1 cm³/mol. The lowest BCUT2D eigenvalue weighted by molar-refractivity contribution is -0.131. The molecule has 0 N–H and O–H groups in total. The van der Waals surface area contributed by atoms with Gasteiger partial charge < -0.3 is 13.7 Å². The van der Waals surface area contributed by atoms with Crippen molar-refractivity contribution in [2.45, 2.75) is 44.3 Å². The summed E-state index contributed by atoms with van der Waals surface area (Å²) in [6.07, 6.45) is 8.06. The topological polar surface area (TPSA) is 72.4 Å². The molecule has 0 radical (unpaired) electrons. The van der Waals surface area contributed by atoms with Gasteiger partial charge in [0, 0.05) is 13.1 Å². The van der Waals surface area contributed by atoms with Gasteiger partial charge >= 0.3 is 0 Å². The Morgan fingerprint density at radius 1 is 1.28 bits per heavy atom. The lowest BCUT2D eigenvalue weighted by atomic mass is 9.75. The fraction of sp³-hybridized carbons (Fsp3) is 0.611. The maximum Gasteiger partial charge on any atom is 0.277 e. The first kappa shape index (κ1) is 16.7. The Hall–Kier alpha value is -1.76. The van der Waals surface area contributed by atoms with Gasteiger partial charge in [0.15, 0.2) is 0 Å². The second-order valence-corrected chi connectivity index (χ2v) is 7.91. The van der Waals surface area contributed by atoms with E-state index in [1.165, 1.54) is 37.4 Å². The molecule has 2 fully saturated rings. The number of likely N-dealkylation sites (tertiary alicyclic amines) is 1. The largest absolute Gasteiger partial charge is 0.469 e. The van der Waals surface area contributed by atoms with Crippen LogP contribution in [0.1, 0.15) is 37.9 Å². The van der Waals surface area contributed by atoms with E-state index in [-0.39, 0.29) is 5.91 Å². The number of hydrogen-bond donors (Lipinski definition) is 0. The first-order chi connectivity index (χ1) is 12.2. The Morgan fingerprint density at radius 3 is 2.92 bits per heavy atom. The van der Waals surface area contributed by atoms with E-state index in [2.05, 4.69) is 10.2 Å². The van der Waals surface area contributed by atoms with Crippen LogP contribution in [0.2, 0.25) is 0 Å². The number of amides is 1. The highest BCUT2D eigenvalue weighted by Gasteiger charge is 2.32. The monoisotopic (exact) mass is 361 g/mol. The minimum atomic E-state index is 0.174. The maximum atomic E-state index is 12.5. The minimum Gasteiger partial charge on any atom is -0.469 e. The Labute approximate surface area is 151 Å². The quantitative estimate of drug-likeness (QED) is 0.772. The van der Waals surface area contributed by atoms with E-state index in [4.69, 9.17) is 8.83 Å². The smallest absolute Gasteiger partial charge is 0.277 e. The van der Waals surface area contributed by atoms with Crippen molar-refractivity contribution in [2.75, 3.05) is 18.8 Å². The van der Waals surface area contributed by atoms with Gasteiger partial charge in [-0.15, -0.1) is 10.2 Å². The van der Waals surface area contributed by atoms with Gasteiger partial charge in [-0.05, 0) is 37.7 Å². The van der Waals surface area contributed by atoms with Crippen molar-refractivity contribution in [3.63, 3.8) is 0 Å². The van der Waals surface area contributed by atoms with Crippen molar-refractivity contribution in [1.82, 2.24) is 15.1 Å². The van der Waals surface area contributed by atoms with E-state index in [0.29, 0.717) is 22.8 Å². The minimum absolute atomic E-state index is 0.174. The van der Waals surface area contributed by atoms with Crippen molar-refractivity contribution < 1.29 is 13.6 Å². The van der Waals surface area contributed by atoms with Gasteiger partial charge in [0.2, 0.25) is 5.91 Å². The van der Waals surface area contributed by atoms with Gasteiger partial charge in [-0.25, -0.2) is 0 Å². The van der Waals surface area contributed by atoms with E-state index < -0.39 is 0 Å². The fourth-order valence-corrected chi connectivity index (χ4v) is 4.69. The number of furan rings is 1. The number of carbonyl (C=O) groups is 1. The summed E-state index contributed by atoms with van der Waals surface area (Å²) in [6, 6.07) is 1.80. The lowest BCUT2D eigenvalue weighted by Crippen LogP contribution is -2.45. The van der Waals surface area contributed by atoms with Gasteiger partial charge in [-0.2, -0.15) is 0 Å². The highest BCUT2D eigenvalue weighted by atomic mass is 32.2. The molecule has 1 aliphatic heterocycles. The van der Waals surface area contributed by atoms with E-state index in [0.717, 1.165) is 36.8 Å². The summed E-state index contributed by atoms with van der Waals surface area (Å²) < 4.78 is 10.9. The summed E-state index contributed by atoms with van der Waals surface area (Å²) in [7, 11) is 0. The van der Waals surface area contributed by atoms with Crippen LogP contribution in [0.15, 0.2) is 26.4 Å². The van der Waals surface area contributed by atoms with Crippen LogP contribution in [-0.2, 0) is 4.79 Å². The molecule has 4 rings (SSSR count). The highest BCUT2D eigenvalue weighted by molar-refractivity contribution is 7.99. The average Bonchev–Trinajstić information content (AvgIpc) is 3.27. The summed E-state index contributed by atoms with van der Waals surface area (Å²) in [5.41, 5.74) is 0.796. The summed E-state index contributed by atoms with van der Waals surface area (Å²) in [5.74, 6) is 3.24. The first-order valence-corrected chi connectivity index (χ1v) is 9.98. The normalized spacial score (nSPS) is 23.5. The Morgan fingerprint density at radius 2 is 2.12 bits per heavy atom. The molecule has 0 bridgehead atoms. The Kier molecular flexibility index (Phi) is 4.83. The SMILES string of the molecule is Cc1occc1-c1nnc(SCC(=O)N2CCC3CCCCC3C2)o1. The molecule has 0 aromatic carbocycles. The molecule has 2 aromatic heterocycles. The zero-order valence-corrected chi connectivity index (χ0v) is 15.3. The van der Waals surface area contributed by atoms with Crippen molar-refractivity contribution in [1.29, 1.82) is 0 Å². The zero-order valence-electron chi connectivity index (χ0n) is 14.4. The van der Waals surface area contributed by atoms with Crippen LogP contribution < -0.4 is 0 Å². The van der Waals surface area contributed by atoms with Crippen LogP contribution in [0.25, 0.3) is 11.5 Å². The summed E-state index contributed by atoms with van der Waals surface area (Å²) >= 11 is 1.31. The van der Waals surface area contributed by atoms with Gasteiger partial charge in [-0.1, -0.05) is 31.0 Å². The van der Waals surface area contributed by atoms with Crippen LogP contribution in [0.5, 0.6) is 0 Å². The molecule has 0 spiro atoms. The molecule has 2 unspecified atom stereocenters. The van der Waals surface area contributed by atoms with Crippen LogP contribution >= 0.6 is 11.8 Å². The number of thioether (sulfide) groups is 1. The van der Waals surface area contributed by atoms with Crippen molar-refractivity contribution in [3.05, 3.63) is 18.1 Å². The number of aromatic nitrogens is 2. The van der Waals surface area contributed by atoms with Crippen LogP contribution in [0.3, 0.4) is 0 Å². The van der Waals surface area contributed by atoms with Gasteiger partial charge in [0.25, 0.3) is 11.1 Å². The van der Waals surface area contributed by atoms with E-state index in [1.54, 1.807) is 12.3 Å². The number of rotatable bonds is 4. The average molecular weight is 361 g/mol. The molecule has 2 atom stereocenters. The number of nitrogens with zero attached hydrogens (tertiary/aromatic N) is 3. The molecule has 6 nitrogen and oxygen atoms in total. The summed E-state index contributed by atoms with van der Waals surface area (Å²) in [4.78, 5) is 14.6. The van der Waals surface area contributed by atoms with E-state index in [9.17, 15) is 4.79 Å². The molecule has 1 saturated carbocycles. The third kappa shape index (κ3) is 3.61. The molecule has 3 heterocycles. The Bertz CT molecular complexity index is 742. The highest BCUT2D eigenvalue weighted by Crippen LogP contribution is 2.36. The molecule has 7 heteroatoms. The van der Waals surface area contributed by atoms with Crippen LogP contribution in [0.4, 0.5) is 0 Å². The van der Waals surface area contributed by atoms with Crippen molar-refractivity contribution >= 4 is 17.7 Å². The van der Waals surface area contributed by atoms with Crippen molar-refractivity contribution in [3.8, 4) is 11.5 Å². The molecule has 2 aromatic rings. The summed E-state index contributed by atoms with van der Waals surface area (Å²) in [5, 5.41) is 8.50. The second-order valence-electron chi connectivity index (χ2n) is 6.99. The third-order valence-electron chi connectivity index (χ3n) is 5.46. The predicted octanol–water partition coefficient (Wildman–Crippen LogP) is 3.77. The van der Waals surface area contributed by atoms with E-state index >= 15 is 0 Å². The van der Waals surface area contributed by atoms with Gasteiger partial charge in [0.1, 0.15) is 5.76 Å². The number of carbonyl (C=O) groups excluding carboxylic acids is 1. The number of fused-ring (bicyclic) bond motifs is 1. The van der Waals surface area contributed by atoms with Gasteiger partial charge in [-0.3, -0.25) is 4.79 Å². The number of aryl methyl sites for hydroxylation is 1. The van der Waals surface area contributed by atoms with Crippen LogP contribution in [0, 0.1) is 18.8 Å². The number of piperidine rings is 1. The van der Waals surface area contributed by atoms with Crippen LogP contribution in [-0.4, -0.2) is 39.8 Å². The van der Waals surface area contributed by atoms with Crippen molar-refractivity contribution in [2.24, 2.45) is 11.8 Å². The molecular weight excluding hydrogens is 338 g/mol.